The largest absolute Gasteiger partial charge is 0.277 e. The van der Waals surface area contributed by atoms with Gasteiger partial charge in [0.1, 0.15) is 0 Å². The molecule has 0 fully saturated rings. The SMILES string of the molecule is [N-]=[N+]=NCc1ccc(-c2ccccc2[N+](=O)[O-])cc1. The van der Waals surface area contributed by atoms with Crippen LogP contribution < -0.4 is 0 Å². The molecule has 2 aromatic carbocycles. The number of azide groups is 1. The summed E-state index contributed by atoms with van der Waals surface area (Å²) in [5.74, 6) is 0. The molecule has 94 valence electrons. The number of benzene rings is 2. The summed E-state index contributed by atoms with van der Waals surface area (Å²) in [4.78, 5) is 13.2. The van der Waals surface area contributed by atoms with Crippen LogP contribution in [0.25, 0.3) is 21.6 Å². The Morgan fingerprint density at radius 1 is 1.16 bits per heavy atom. The first-order chi connectivity index (χ1) is 9.22. The highest BCUT2D eigenvalue weighted by atomic mass is 16.6. The number of nitrogens with zero attached hydrogens (tertiary/aromatic N) is 4. The number of nitro benzene ring substituents is 1. The van der Waals surface area contributed by atoms with E-state index >= 15 is 0 Å². The molecule has 0 spiro atoms. The Bertz CT molecular complexity index is 646. The summed E-state index contributed by atoms with van der Waals surface area (Å²) in [7, 11) is 0. The van der Waals surface area contributed by atoms with Gasteiger partial charge in [0.05, 0.1) is 17.0 Å². The highest BCUT2D eigenvalue weighted by Crippen LogP contribution is 2.29. The Kier molecular flexibility index (Phi) is 3.75. The van der Waals surface area contributed by atoms with E-state index in [1.54, 1.807) is 42.5 Å². The normalized spacial score (nSPS) is 9.68. The Labute approximate surface area is 109 Å². The maximum Gasteiger partial charge on any atom is 0.277 e. The van der Waals surface area contributed by atoms with Gasteiger partial charge < -0.3 is 0 Å². The van der Waals surface area contributed by atoms with Crippen molar-refractivity contribution in [1.29, 1.82) is 0 Å². The summed E-state index contributed by atoms with van der Waals surface area (Å²) in [5, 5.41) is 14.4. The van der Waals surface area contributed by atoms with Gasteiger partial charge in [-0.15, -0.1) is 0 Å². The number of rotatable bonds is 4. The molecule has 6 nitrogen and oxygen atoms in total. The molecule has 19 heavy (non-hydrogen) atoms. The maximum absolute atomic E-state index is 11.0. The van der Waals surface area contributed by atoms with E-state index in [0.717, 1.165) is 11.1 Å². The molecule has 0 amide bonds. The molecule has 6 heteroatoms. The van der Waals surface area contributed by atoms with Crippen molar-refractivity contribution in [2.45, 2.75) is 6.54 Å². The molecule has 0 aromatic heterocycles. The van der Waals surface area contributed by atoms with Gasteiger partial charge in [-0.2, -0.15) is 0 Å². The summed E-state index contributed by atoms with van der Waals surface area (Å²) in [5.41, 5.74) is 10.5. The lowest BCUT2D eigenvalue weighted by Gasteiger charge is -2.04. The second-order valence-corrected chi connectivity index (χ2v) is 3.86. The van der Waals surface area contributed by atoms with Crippen molar-refractivity contribution in [1.82, 2.24) is 0 Å². The fraction of sp³-hybridized carbons (Fsp3) is 0.0769. The topological polar surface area (TPSA) is 91.9 Å². The third kappa shape index (κ3) is 2.88. The smallest absolute Gasteiger partial charge is 0.258 e. The van der Waals surface area contributed by atoms with E-state index in [0.29, 0.717) is 5.56 Å². The van der Waals surface area contributed by atoms with Crippen molar-refractivity contribution in [2.24, 2.45) is 5.11 Å². The Balaban J connectivity index is 2.37. The van der Waals surface area contributed by atoms with Crippen LogP contribution in [0.4, 0.5) is 5.69 Å². The average molecular weight is 254 g/mol. The van der Waals surface area contributed by atoms with Gasteiger partial charge in [-0.1, -0.05) is 41.5 Å². The number of nitro groups is 1. The first kappa shape index (κ1) is 12.6. The lowest BCUT2D eigenvalue weighted by molar-refractivity contribution is -0.384. The summed E-state index contributed by atoms with van der Waals surface area (Å²) < 4.78 is 0. The predicted molar refractivity (Wildman–Crippen MR) is 71.4 cm³/mol. The van der Waals surface area contributed by atoms with Crippen molar-refractivity contribution in [3.05, 3.63) is 74.7 Å². The summed E-state index contributed by atoms with van der Waals surface area (Å²) in [6.45, 7) is 0.271. The summed E-state index contributed by atoms with van der Waals surface area (Å²) in [6, 6.07) is 13.7. The molecule has 0 atom stereocenters. The van der Waals surface area contributed by atoms with E-state index in [1.807, 2.05) is 0 Å². The molecule has 2 aromatic rings. The first-order valence-corrected chi connectivity index (χ1v) is 5.56. The van der Waals surface area contributed by atoms with Crippen LogP contribution >= 0.6 is 0 Å². The van der Waals surface area contributed by atoms with Gasteiger partial charge in [0.2, 0.25) is 0 Å². The van der Waals surface area contributed by atoms with Gasteiger partial charge >= 0.3 is 0 Å². The first-order valence-electron chi connectivity index (χ1n) is 5.56. The highest BCUT2D eigenvalue weighted by molar-refractivity contribution is 5.73. The van der Waals surface area contributed by atoms with E-state index in [-0.39, 0.29) is 12.2 Å². The lowest BCUT2D eigenvalue weighted by atomic mass is 10.0. The van der Waals surface area contributed by atoms with Crippen LogP contribution in [0.1, 0.15) is 5.56 Å². The monoisotopic (exact) mass is 254 g/mol. The van der Waals surface area contributed by atoms with Crippen LogP contribution in [0.5, 0.6) is 0 Å². The molecule has 0 saturated heterocycles. The van der Waals surface area contributed by atoms with E-state index in [2.05, 4.69) is 10.0 Å². The fourth-order valence-electron chi connectivity index (χ4n) is 1.78. The molecule has 0 heterocycles. The zero-order chi connectivity index (χ0) is 13.7. The fourth-order valence-corrected chi connectivity index (χ4v) is 1.78. The second kappa shape index (κ2) is 5.66. The van der Waals surface area contributed by atoms with Crippen LogP contribution in [0.15, 0.2) is 53.6 Å². The van der Waals surface area contributed by atoms with E-state index in [1.165, 1.54) is 6.07 Å². The molecule has 0 radical (unpaired) electrons. The molecule has 0 aliphatic carbocycles. The van der Waals surface area contributed by atoms with Gasteiger partial charge in [0.15, 0.2) is 0 Å². The molecule has 0 unspecified atom stereocenters. The van der Waals surface area contributed by atoms with Crippen molar-refractivity contribution in [3.63, 3.8) is 0 Å². The minimum atomic E-state index is -0.400. The van der Waals surface area contributed by atoms with Crippen LogP contribution in [-0.2, 0) is 6.54 Å². The third-order valence-corrected chi connectivity index (χ3v) is 2.68. The number of hydrogen-bond donors (Lipinski definition) is 0. The van der Waals surface area contributed by atoms with E-state index in [9.17, 15) is 10.1 Å². The van der Waals surface area contributed by atoms with Crippen LogP contribution in [0.3, 0.4) is 0 Å². The van der Waals surface area contributed by atoms with Gasteiger partial charge in [-0.3, -0.25) is 10.1 Å². The molecule has 0 saturated carbocycles. The Morgan fingerprint density at radius 2 is 1.84 bits per heavy atom. The van der Waals surface area contributed by atoms with Gasteiger partial charge in [-0.05, 0) is 22.7 Å². The molecule has 0 aliphatic rings. The quantitative estimate of drug-likeness (QED) is 0.270. The minimum Gasteiger partial charge on any atom is -0.258 e. The molecule has 0 aliphatic heterocycles. The highest BCUT2D eigenvalue weighted by Gasteiger charge is 2.13. The van der Waals surface area contributed by atoms with E-state index in [4.69, 9.17) is 5.53 Å². The van der Waals surface area contributed by atoms with Crippen molar-refractivity contribution >= 4 is 5.69 Å². The maximum atomic E-state index is 11.0. The average Bonchev–Trinajstić information content (AvgIpc) is 2.45. The second-order valence-electron chi connectivity index (χ2n) is 3.86. The predicted octanol–water partition coefficient (Wildman–Crippen LogP) is 4.07. The summed E-state index contributed by atoms with van der Waals surface area (Å²) in [6.07, 6.45) is 0. The number of hydrogen-bond acceptors (Lipinski definition) is 3. The van der Waals surface area contributed by atoms with Gasteiger partial charge in [0.25, 0.3) is 5.69 Å². The van der Waals surface area contributed by atoms with E-state index < -0.39 is 4.92 Å². The third-order valence-electron chi connectivity index (χ3n) is 2.68. The zero-order valence-corrected chi connectivity index (χ0v) is 9.93. The van der Waals surface area contributed by atoms with Crippen LogP contribution in [-0.4, -0.2) is 4.92 Å². The standard InChI is InChI=1S/C13H10N4O2/c14-16-15-9-10-5-7-11(8-6-10)12-3-1-2-4-13(12)17(18)19/h1-8H,9H2. The Morgan fingerprint density at radius 3 is 2.47 bits per heavy atom. The Hall–Kier alpha value is -2.85. The minimum absolute atomic E-state index is 0.0743. The number of para-hydroxylation sites is 1. The van der Waals surface area contributed by atoms with Crippen LogP contribution in [0.2, 0.25) is 0 Å². The molecular formula is C13H10N4O2. The van der Waals surface area contributed by atoms with Crippen molar-refractivity contribution in [2.75, 3.05) is 0 Å². The lowest BCUT2D eigenvalue weighted by Crippen LogP contribution is -1.91. The van der Waals surface area contributed by atoms with Gasteiger partial charge in [0, 0.05) is 11.0 Å². The summed E-state index contributed by atoms with van der Waals surface area (Å²) >= 11 is 0. The van der Waals surface area contributed by atoms with Crippen LogP contribution in [0, 0.1) is 10.1 Å². The molecule has 2 rings (SSSR count). The zero-order valence-electron chi connectivity index (χ0n) is 9.93. The van der Waals surface area contributed by atoms with Crippen molar-refractivity contribution in [3.8, 4) is 11.1 Å². The van der Waals surface area contributed by atoms with Crippen molar-refractivity contribution < 1.29 is 4.92 Å². The molecule has 0 N–H and O–H groups in total. The molecular weight excluding hydrogens is 244 g/mol. The van der Waals surface area contributed by atoms with Gasteiger partial charge in [-0.25, -0.2) is 0 Å². The molecule has 0 bridgehead atoms.